The number of methoxy groups -OCH3 is 1. The molecule has 1 aromatic heterocycles. The zero-order valence-corrected chi connectivity index (χ0v) is 10.7. The molecule has 0 radical (unpaired) electrons. The third-order valence-electron chi connectivity index (χ3n) is 1.87. The highest BCUT2D eigenvalue weighted by atomic mass is 79.9. The molecule has 0 spiro atoms. The number of ether oxygens (including phenoxy) is 1. The van der Waals surface area contributed by atoms with Crippen LogP contribution in [0, 0.1) is 0 Å². The molecule has 0 aliphatic rings. The summed E-state index contributed by atoms with van der Waals surface area (Å²) in [5, 5.41) is 5.85. The number of rotatable bonds is 7. The Morgan fingerprint density at radius 1 is 1.44 bits per heavy atom. The first-order valence-electron chi connectivity index (χ1n) is 4.97. The Balaban J connectivity index is 2.11. The van der Waals surface area contributed by atoms with E-state index in [-0.39, 0.29) is 5.91 Å². The SMILES string of the molecule is COCCNCCNC(=O)c1ccc(Br)o1. The number of amides is 1. The summed E-state index contributed by atoms with van der Waals surface area (Å²) in [6.07, 6.45) is 0. The van der Waals surface area contributed by atoms with Crippen molar-refractivity contribution in [1.29, 1.82) is 0 Å². The fourth-order valence-electron chi connectivity index (χ4n) is 1.09. The first kappa shape index (κ1) is 13.2. The third-order valence-corrected chi connectivity index (χ3v) is 2.29. The van der Waals surface area contributed by atoms with E-state index in [1.165, 1.54) is 0 Å². The molecule has 6 heteroatoms. The molecule has 1 heterocycles. The molecular weight excluding hydrogens is 276 g/mol. The van der Waals surface area contributed by atoms with Crippen molar-refractivity contribution in [3.63, 3.8) is 0 Å². The van der Waals surface area contributed by atoms with Crippen LogP contribution >= 0.6 is 15.9 Å². The smallest absolute Gasteiger partial charge is 0.287 e. The van der Waals surface area contributed by atoms with Crippen molar-refractivity contribution in [2.75, 3.05) is 33.4 Å². The Morgan fingerprint density at radius 2 is 2.25 bits per heavy atom. The van der Waals surface area contributed by atoms with Gasteiger partial charge in [0.1, 0.15) is 0 Å². The van der Waals surface area contributed by atoms with Crippen molar-refractivity contribution < 1.29 is 13.9 Å². The second kappa shape index (κ2) is 7.43. The molecule has 1 rings (SSSR count). The number of carbonyl (C=O) groups excluding carboxylic acids is 1. The molecule has 2 N–H and O–H groups in total. The minimum atomic E-state index is -0.209. The van der Waals surface area contributed by atoms with Gasteiger partial charge in [-0.25, -0.2) is 0 Å². The van der Waals surface area contributed by atoms with Gasteiger partial charge in [0.15, 0.2) is 10.4 Å². The van der Waals surface area contributed by atoms with Crippen LogP contribution in [0.2, 0.25) is 0 Å². The molecule has 16 heavy (non-hydrogen) atoms. The van der Waals surface area contributed by atoms with E-state index in [1.807, 2.05) is 0 Å². The quantitative estimate of drug-likeness (QED) is 0.736. The molecule has 0 atom stereocenters. The van der Waals surface area contributed by atoms with Crippen LogP contribution in [-0.4, -0.2) is 39.3 Å². The third kappa shape index (κ3) is 4.78. The minimum absolute atomic E-state index is 0.209. The lowest BCUT2D eigenvalue weighted by Gasteiger charge is -2.04. The fourth-order valence-corrected chi connectivity index (χ4v) is 1.39. The standard InChI is InChI=1S/C10H15BrN2O3/c1-15-7-6-12-4-5-13-10(14)8-2-3-9(11)16-8/h2-3,12H,4-7H2,1H3,(H,13,14). The molecule has 0 saturated heterocycles. The normalized spacial score (nSPS) is 10.4. The van der Waals surface area contributed by atoms with E-state index in [2.05, 4.69) is 26.6 Å². The Hall–Kier alpha value is -0.850. The Kier molecular flexibility index (Phi) is 6.14. The molecule has 1 amide bonds. The van der Waals surface area contributed by atoms with Crippen LogP contribution in [0.1, 0.15) is 10.6 Å². The summed E-state index contributed by atoms with van der Waals surface area (Å²) in [7, 11) is 1.65. The lowest BCUT2D eigenvalue weighted by atomic mass is 10.4. The Morgan fingerprint density at radius 3 is 2.88 bits per heavy atom. The zero-order valence-electron chi connectivity index (χ0n) is 9.09. The van der Waals surface area contributed by atoms with E-state index >= 15 is 0 Å². The van der Waals surface area contributed by atoms with Gasteiger partial charge in [0.05, 0.1) is 6.61 Å². The van der Waals surface area contributed by atoms with Crippen LogP contribution in [-0.2, 0) is 4.74 Å². The van der Waals surface area contributed by atoms with Gasteiger partial charge in [0.2, 0.25) is 0 Å². The monoisotopic (exact) mass is 290 g/mol. The summed E-state index contributed by atoms with van der Waals surface area (Å²) >= 11 is 3.14. The predicted octanol–water partition coefficient (Wildman–Crippen LogP) is 1.01. The van der Waals surface area contributed by atoms with Crippen molar-refractivity contribution in [2.24, 2.45) is 0 Å². The lowest BCUT2D eigenvalue weighted by Crippen LogP contribution is -2.32. The largest absolute Gasteiger partial charge is 0.444 e. The van der Waals surface area contributed by atoms with Crippen LogP contribution in [0.3, 0.4) is 0 Å². The zero-order chi connectivity index (χ0) is 11.8. The highest BCUT2D eigenvalue weighted by Gasteiger charge is 2.08. The van der Waals surface area contributed by atoms with E-state index in [0.717, 1.165) is 6.54 Å². The molecule has 90 valence electrons. The predicted molar refractivity (Wildman–Crippen MR) is 63.5 cm³/mol. The maximum Gasteiger partial charge on any atom is 0.287 e. The van der Waals surface area contributed by atoms with Gasteiger partial charge in [0, 0.05) is 26.7 Å². The number of halogens is 1. The van der Waals surface area contributed by atoms with E-state index in [1.54, 1.807) is 19.2 Å². The first-order valence-corrected chi connectivity index (χ1v) is 5.76. The van der Waals surface area contributed by atoms with Gasteiger partial charge in [-0.05, 0) is 28.1 Å². The van der Waals surface area contributed by atoms with Gasteiger partial charge in [-0.2, -0.15) is 0 Å². The summed E-state index contributed by atoms with van der Waals surface area (Å²) in [4.78, 5) is 11.5. The topological polar surface area (TPSA) is 63.5 Å². The number of furan rings is 1. The van der Waals surface area contributed by atoms with Gasteiger partial charge < -0.3 is 19.8 Å². The van der Waals surface area contributed by atoms with Gasteiger partial charge in [-0.3, -0.25) is 4.79 Å². The van der Waals surface area contributed by atoms with Crippen LogP contribution in [0.5, 0.6) is 0 Å². The average Bonchev–Trinajstić information content (AvgIpc) is 2.70. The van der Waals surface area contributed by atoms with Crippen molar-refractivity contribution in [1.82, 2.24) is 10.6 Å². The Labute approximate surface area is 103 Å². The van der Waals surface area contributed by atoms with E-state index in [9.17, 15) is 4.79 Å². The molecule has 0 bridgehead atoms. The van der Waals surface area contributed by atoms with E-state index in [0.29, 0.717) is 30.1 Å². The molecule has 1 aromatic rings. The van der Waals surface area contributed by atoms with Gasteiger partial charge in [-0.1, -0.05) is 0 Å². The second-order valence-corrected chi connectivity index (χ2v) is 3.88. The van der Waals surface area contributed by atoms with Crippen molar-refractivity contribution in [2.45, 2.75) is 0 Å². The maximum absolute atomic E-state index is 11.5. The molecule has 0 fully saturated rings. The van der Waals surface area contributed by atoms with Crippen molar-refractivity contribution in [3.05, 3.63) is 22.6 Å². The first-order chi connectivity index (χ1) is 7.74. The summed E-state index contributed by atoms with van der Waals surface area (Å²) < 4.78 is 10.5. The number of nitrogens with one attached hydrogen (secondary N) is 2. The molecule has 0 aromatic carbocycles. The molecule has 0 aliphatic carbocycles. The van der Waals surface area contributed by atoms with Crippen LogP contribution in [0.25, 0.3) is 0 Å². The molecule has 0 saturated carbocycles. The van der Waals surface area contributed by atoms with Gasteiger partial charge in [0.25, 0.3) is 5.91 Å². The summed E-state index contributed by atoms with van der Waals surface area (Å²) in [6, 6.07) is 3.31. The van der Waals surface area contributed by atoms with Gasteiger partial charge in [-0.15, -0.1) is 0 Å². The number of hydrogen-bond acceptors (Lipinski definition) is 4. The van der Waals surface area contributed by atoms with Crippen LogP contribution in [0.15, 0.2) is 21.2 Å². The summed E-state index contributed by atoms with van der Waals surface area (Å²) in [5.41, 5.74) is 0. The summed E-state index contributed by atoms with van der Waals surface area (Å²) in [6.45, 7) is 2.70. The van der Waals surface area contributed by atoms with Crippen LogP contribution in [0.4, 0.5) is 0 Å². The lowest BCUT2D eigenvalue weighted by molar-refractivity contribution is 0.0925. The summed E-state index contributed by atoms with van der Waals surface area (Å²) in [5.74, 6) is 0.100. The van der Waals surface area contributed by atoms with E-state index in [4.69, 9.17) is 9.15 Å². The molecule has 0 unspecified atom stereocenters. The Bertz CT molecular complexity index is 328. The number of carbonyl (C=O) groups is 1. The fraction of sp³-hybridized carbons (Fsp3) is 0.500. The van der Waals surface area contributed by atoms with Gasteiger partial charge >= 0.3 is 0 Å². The molecular formula is C10H15BrN2O3. The highest BCUT2D eigenvalue weighted by Crippen LogP contribution is 2.13. The minimum Gasteiger partial charge on any atom is -0.444 e. The van der Waals surface area contributed by atoms with Crippen molar-refractivity contribution >= 4 is 21.8 Å². The van der Waals surface area contributed by atoms with Crippen molar-refractivity contribution in [3.8, 4) is 0 Å². The second-order valence-electron chi connectivity index (χ2n) is 3.10. The maximum atomic E-state index is 11.5. The van der Waals surface area contributed by atoms with E-state index < -0.39 is 0 Å². The molecule has 0 aliphatic heterocycles. The molecule has 5 nitrogen and oxygen atoms in total. The van der Waals surface area contributed by atoms with Crippen LogP contribution < -0.4 is 10.6 Å². The highest BCUT2D eigenvalue weighted by molar-refractivity contribution is 9.10. The number of hydrogen-bond donors (Lipinski definition) is 2. The average molecular weight is 291 g/mol.